The summed E-state index contributed by atoms with van der Waals surface area (Å²) in [7, 11) is 0. The maximum atomic E-state index is 6.03. The molecule has 0 amide bonds. The number of nitrogens with zero attached hydrogens (tertiary/aromatic N) is 3. The van der Waals surface area contributed by atoms with Gasteiger partial charge in [0.15, 0.2) is 0 Å². The number of hydrogen-bond acceptors (Lipinski definition) is 4. The molecule has 4 rings (SSSR count). The van der Waals surface area contributed by atoms with Crippen molar-refractivity contribution < 1.29 is 0 Å². The third-order valence-electron chi connectivity index (χ3n) is 4.50. The highest BCUT2D eigenvalue weighted by Gasteiger charge is 2.25. The number of piperidine rings is 1. The Morgan fingerprint density at radius 2 is 1.83 bits per heavy atom. The fraction of sp³-hybridized carbons (Fsp3) is 0.278. The summed E-state index contributed by atoms with van der Waals surface area (Å²) < 4.78 is 0. The van der Waals surface area contributed by atoms with Gasteiger partial charge in [0, 0.05) is 34.0 Å². The summed E-state index contributed by atoms with van der Waals surface area (Å²) in [5.41, 5.74) is 5.09. The van der Waals surface area contributed by atoms with Gasteiger partial charge in [0.05, 0.1) is 5.69 Å². The Morgan fingerprint density at radius 1 is 1.04 bits per heavy atom. The van der Waals surface area contributed by atoms with Crippen molar-refractivity contribution in [2.45, 2.75) is 18.8 Å². The fourth-order valence-corrected chi connectivity index (χ4v) is 3.40. The smallest absolute Gasteiger partial charge is 0.116 e. The van der Waals surface area contributed by atoms with Gasteiger partial charge in [-0.1, -0.05) is 23.7 Å². The first-order valence-electron chi connectivity index (χ1n) is 8.14. The normalized spacial score (nSPS) is 15.5. The Hall–Kier alpha value is -2.24. The lowest BCUT2D eigenvalue weighted by atomic mass is 9.89. The summed E-state index contributed by atoms with van der Waals surface area (Å²) in [5.74, 6) is 0.463. The first-order valence-corrected chi connectivity index (χ1v) is 8.52. The summed E-state index contributed by atoms with van der Waals surface area (Å²) in [6.07, 6.45) is 5.55. The van der Waals surface area contributed by atoms with Crippen molar-refractivity contribution in [1.29, 1.82) is 0 Å². The lowest BCUT2D eigenvalue weighted by molar-refractivity contribution is 0.453. The Kier molecular flexibility index (Phi) is 4.28. The van der Waals surface area contributed by atoms with E-state index in [1.165, 1.54) is 5.69 Å². The van der Waals surface area contributed by atoms with Gasteiger partial charge in [-0.2, -0.15) is 5.10 Å². The molecule has 1 aliphatic heterocycles. The zero-order valence-electron chi connectivity index (χ0n) is 13.2. The van der Waals surface area contributed by atoms with Gasteiger partial charge in [-0.25, -0.2) is 9.97 Å². The molecule has 0 aliphatic carbocycles. The van der Waals surface area contributed by atoms with Gasteiger partial charge in [-0.05, 0) is 44.1 Å². The van der Waals surface area contributed by atoms with E-state index < -0.39 is 0 Å². The van der Waals surface area contributed by atoms with E-state index in [2.05, 4.69) is 25.5 Å². The number of rotatable bonds is 3. The van der Waals surface area contributed by atoms with Gasteiger partial charge in [0.25, 0.3) is 0 Å². The van der Waals surface area contributed by atoms with Crippen molar-refractivity contribution in [3.05, 3.63) is 53.6 Å². The fourth-order valence-electron chi connectivity index (χ4n) is 3.28. The minimum atomic E-state index is 0.463. The molecule has 3 heterocycles. The van der Waals surface area contributed by atoms with Crippen LogP contribution in [0.4, 0.5) is 0 Å². The topological polar surface area (TPSA) is 66.5 Å². The minimum absolute atomic E-state index is 0.463. The largest absolute Gasteiger partial charge is 0.317 e. The van der Waals surface area contributed by atoms with E-state index in [9.17, 15) is 0 Å². The number of aromatic amines is 1. The van der Waals surface area contributed by atoms with Crippen molar-refractivity contribution in [2.24, 2.45) is 0 Å². The highest BCUT2D eigenvalue weighted by molar-refractivity contribution is 6.30. The van der Waals surface area contributed by atoms with Gasteiger partial charge < -0.3 is 5.32 Å². The number of hydrogen-bond donors (Lipinski definition) is 2. The number of nitrogens with one attached hydrogen (secondary N) is 2. The predicted octanol–water partition coefficient (Wildman–Crippen LogP) is 3.65. The number of aromatic nitrogens is 4. The molecule has 2 aromatic heterocycles. The van der Waals surface area contributed by atoms with Crippen molar-refractivity contribution in [2.75, 3.05) is 13.1 Å². The lowest BCUT2D eigenvalue weighted by Gasteiger charge is -2.22. The summed E-state index contributed by atoms with van der Waals surface area (Å²) in [4.78, 5) is 8.51. The maximum Gasteiger partial charge on any atom is 0.116 e. The highest BCUT2D eigenvalue weighted by atomic mass is 35.5. The summed E-state index contributed by atoms with van der Waals surface area (Å²) in [6.45, 7) is 2.06. The van der Waals surface area contributed by atoms with Gasteiger partial charge in [0.2, 0.25) is 0 Å². The Balaban J connectivity index is 1.84. The molecule has 0 radical (unpaired) electrons. The zero-order valence-corrected chi connectivity index (χ0v) is 13.9. The average Bonchev–Trinajstić information content (AvgIpc) is 3.09. The van der Waals surface area contributed by atoms with Crippen LogP contribution in [0.1, 0.15) is 24.5 Å². The monoisotopic (exact) mass is 339 g/mol. The van der Waals surface area contributed by atoms with E-state index in [0.717, 1.165) is 53.5 Å². The van der Waals surface area contributed by atoms with Crippen LogP contribution in [0.5, 0.6) is 0 Å². The van der Waals surface area contributed by atoms with Crippen LogP contribution in [0.3, 0.4) is 0 Å². The molecule has 0 atom stereocenters. The molecule has 0 spiro atoms. The van der Waals surface area contributed by atoms with Crippen LogP contribution in [0.25, 0.3) is 22.5 Å². The average molecular weight is 340 g/mol. The quantitative estimate of drug-likeness (QED) is 0.764. The molecule has 122 valence electrons. The van der Waals surface area contributed by atoms with Crippen LogP contribution in [0.2, 0.25) is 5.02 Å². The number of H-pyrrole nitrogens is 1. The number of benzene rings is 1. The molecule has 6 heteroatoms. The Morgan fingerprint density at radius 3 is 2.54 bits per heavy atom. The third kappa shape index (κ3) is 2.92. The molecule has 24 heavy (non-hydrogen) atoms. The standard InChI is InChI=1S/C18H18ClN5/c19-14-3-1-12(2-4-14)17-16(15-7-10-21-11-22-15)18(24-23-17)13-5-8-20-9-6-13/h1-4,7,10-11,13,20H,5-6,8-9H2,(H,23,24). The molecule has 0 bridgehead atoms. The lowest BCUT2D eigenvalue weighted by Crippen LogP contribution is -2.27. The van der Waals surface area contributed by atoms with Gasteiger partial charge in [-0.15, -0.1) is 0 Å². The van der Waals surface area contributed by atoms with Gasteiger partial charge in [-0.3, -0.25) is 5.10 Å². The molecule has 1 aliphatic rings. The SMILES string of the molecule is Clc1ccc(-c2n[nH]c(C3CCNCC3)c2-c2ccncn2)cc1. The minimum Gasteiger partial charge on any atom is -0.317 e. The van der Waals surface area contributed by atoms with Crippen LogP contribution in [-0.2, 0) is 0 Å². The summed E-state index contributed by atoms with van der Waals surface area (Å²) in [6, 6.07) is 9.71. The third-order valence-corrected chi connectivity index (χ3v) is 4.75. The highest BCUT2D eigenvalue weighted by Crippen LogP contribution is 2.38. The van der Waals surface area contributed by atoms with Crippen LogP contribution < -0.4 is 5.32 Å². The molecular formula is C18H18ClN5. The Bertz CT molecular complexity index is 807. The van der Waals surface area contributed by atoms with E-state index in [4.69, 9.17) is 11.6 Å². The Labute approximate surface area is 145 Å². The zero-order chi connectivity index (χ0) is 16.4. The predicted molar refractivity (Wildman–Crippen MR) is 94.9 cm³/mol. The maximum absolute atomic E-state index is 6.03. The van der Waals surface area contributed by atoms with Gasteiger partial charge in [0.1, 0.15) is 12.0 Å². The molecule has 2 N–H and O–H groups in total. The first-order chi connectivity index (χ1) is 11.8. The molecule has 3 aromatic rings. The van der Waals surface area contributed by atoms with Crippen molar-refractivity contribution in [1.82, 2.24) is 25.5 Å². The van der Waals surface area contributed by atoms with Gasteiger partial charge >= 0.3 is 0 Å². The van der Waals surface area contributed by atoms with Crippen LogP contribution in [0, 0.1) is 0 Å². The molecule has 1 aromatic carbocycles. The molecule has 1 saturated heterocycles. The second-order valence-corrected chi connectivity index (χ2v) is 6.42. The van der Waals surface area contributed by atoms with Crippen molar-refractivity contribution in [3.8, 4) is 22.5 Å². The van der Waals surface area contributed by atoms with Crippen LogP contribution in [0.15, 0.2) is 42.9 Å². The second kappa shape index (κ2) is 6.71. The first kappa shape index (κ1) is 15.3. The molecule has 0 saturated carbocycles. The van der Waals surface area contributed by atoms with Crippen molar-refractivity contribution in [3.63, 3.8) is 0 Å². The van der Waals surface area contributed by atoms with E-state index in [1.54, 1.807) is 12.5 Å². The summed E-state index contributed by atoms with van der Waals surface area (Å²) in [5, 5.41) is 12.0. The van der Waals surface area contributed by atoms with E-state index >= 15 is 0 Å². The van der Waals surface area contributed by atoms with Crippen LogP contribution >= 0.6 is 11.6 Å². The number of halogens is 1. The van der Waals surface area contributed by atoms with E-state index in [0.29, 0.717) is 5.92 Å². The molecule has 5 nitrogen and oxygen atoms in total. The van der Waals surface area contributed by atoms with Crippen molar-refractivity contribution >= 4 is 11.6 Å². The van der Waals surface area contributed by atoms with E-state index in [1.807, 2.05) is 30.3 Å². The molecule has 0 unspecified atom stereocenters. The van der Waals surface area contributed by atoms with E-state index in [-0.39, 0.29) is 0 Å². The van der Waals surface area contributed by atoms with Crippen LogP contribution in [-0.4, -0.2) is 33.3 Å². The second-order valence-electron chi connectivity index (χ2n) is 5.99. The summed E-state index contributed by atoms with van der Waals surface area (Å²) >= 11 is 6.03. The molecular weight excluding hydrogens is 322 g/mol. The molecule has 1 fully saturated rings.